The van der Waals surface area contributed by atoms with E-state index in [1.807, 2.05) is 0 Å². The molecule has 0 saturated carbocycles. The second-order valence-corrected chi connectivity index (χ2v) is 8.84. The van der Waals surface area contributed by atoms with Gasteiger partial charge in [0, 0.05) is 4.88 Å². The maximum absolute atomic E-state index is 13.0. The average Bonchev–Trinajstić information content (AvgIpc) is 2.77. The maximum atomic E-state index is 13.0. The topological polar surface area (TPSA) is 26.3 Å². The zero-order valence-corrected chi connectivity index (χ0v) is 14.4. The molecule has 0 aromatic carbocycles. The summed E-state index contributed by atoms with van der Waals surface area (Å²) in [6, 6.07) is 2.18. The van der Waals surface area contributed by atoms with Crippen molar-refractivity contribution in [1.29, 1.82) is 0 Å². The van der Waals surface area contributed by atoms with Crippen molar-refractivity contribution in [3.63, 3.8) is 0 Å². The Morgan fingerprint density at radius 1 is 1.19 bits per heavy atom. The fraction of sp³-hybridized carbons (Fsp3) is 0.722. The summed E-state index contributed by atoms with van der Waals surface area (Å²) in [6.07, 6.45) is 6.98. The van der Waals surface area contributed by atoms with Crippen molar-refractivity contribution < 1.29 is 9.53 Å². The van der Waals surface area contributed by atoms with Crippen molar-refractivity contribution in [2.75, 3.05) is 0 Å². The molecule has 1 atom stereocenters. The summed E-state index contributed by atoms with van der Waals surface area (Å²) in [7, 11) is 0. The Morgan fingerprint density at radius 2 is 1.90 bits per heavy atom. The van der Waals surface area contributed by atoms with Gasteiger partial charge in [0.25, 0.3) is 0 Å². The zero-order chi connectivity index (χ0) is 15.3. The van der Waals surface area contributed by atoms with Crippen LogP contribution in [0.3, 0.4) is 0 Å². The molecule has 0 radical (unpaired) electrons. The predicted molar refractivity (Wildman–Crippen MR) is 87.3 cm³/mol. The SMILES string of the molecule is CC1(C)CC(C(=O)c2cc3c(s2)CCCCC3)C(C)(C)O1. The number of rotatable bonds is 2. The number of ether oxygens (including phenoxy) is 1. The number of hydrogen-bond acceptors (Lipinski definition) is 3. The van der Waals surface area contributed by atoms with E-state index in [0.717, 1.165) is 24.1 Å². The first-order valence-corrected chi connectivity index (χ1v) is 8.96. The Hall–Kier alpha value is -0.670. The Kier molecular flexibility index (Phi) is 3.77. The molecule has 1 unspecified atom stereocenters. The minimum atomic E-state index is -0.359. The summed E-state index contributed by atoms with van der Waals surface area (Å²) in [4.78, 5) is 15.4. The molecule has 0 spiro atoms. The van der Waals surface area contributed by atoms with Gasteiger partial charge < -0.3 is 4.74 Å². The molecule has 1 saturated heterocycles. The summed E-state index contributed by atoms with van der Waals surface area (Å²) >= 11 is 1.74. The number of carbonyl (C=O) groups excluding carboxylic acids is 1. The van der Waals surface area contributed by atoms with Gasteiger partial charge >= 0.3 is 0 Å². The van der Waals surface area contributed by atoms with Crippen LogP contribution in [0, 0.1) is 5.92 Å². The molecule has 116 valence electrons. The third kappa shape index (κ3) is 2.95. The molecule has 2 aliphatic rings. The van der Waals surface area contributed by atoms with Gasteiger partial charge in [0.1, 0.15) is 0 Å². The van der Waals surface area contributed by atoms with E-state index in [-0.39, 0.29) is 17.1 Å². The van der Waals surface area contributed by atoms with Crippen molar-refractivity contribution in [3.05, 3.63) is 21.4 Å². The van der Waals surface area contributed by atoms with E-state index >= 15 is 0 Å². The van der Waals surface area contributed by atoms with Crippen LogP contribution in [0.2, 0.25) is 0 Å². The summed E-state index contributed by atoms with van der Waals surface area (Å²) in [6.45, 7) is 8.29. The monoisotopic (exact) mass is 306 g/mol. The van der Waals surface area contributed by atoms with Crippen molar-refractivity contribution in [2.24, 2.45) is 5.92 Å². The van der Waals surface area contributed by atoms with Gasteiger partial charge in [-0.25, -0.2) is 0 Å². The van der Waals surface area contributed by atoms with Gasteiger partial charge in [-0.2, -0.15) is 0 Å². The third-order valence-electron chi connectivity index (χ3n) is 4.88. The number of ketones is 1. The van der Waals surface area contributed by atoms with Crippen LogP contribution in [0.15, 0.2) is 6.07 Å². The standard InChI is InChI=1S/C18H26O2S/c1-17(2)11-13(18(3,4)20-17)16(19)15-10-12-8-6-5-7-9-14(12)21-15/h10,13H,5-9,11H2,1-4H3. The largest absolute Gasteiger partial charge is 0.369 e. The number of aryl methyl sites for hydroxylation is 2. The Balaban J connectivity index is 1.86. The predicted octanol–water partition coefficient (Wildman–Crippen LogP) is 4.79. The molecule has 0 bridgehead atoms. The fourth-order valence-electron chi connectivity index (χ4n) is 3.93. The highest BCUT2D eigenvalue weighted by Crippen LogP contribution is 2.44. The lowest BCUT2D eigenvalue weighted by molar-refractivity contribution is -0.0712. The Labute approximate surface area is 131 Å². The number of fused-ring (bicyclic) bond motifs is 1. The second-order valence-electron chi connectivity index (χ2n) is 7.71. The van der Waals surface area contributed by atoms with Crippen LogP contribution in [-0.4, -0.2) is 17.0 Å². The van der Waals surface area contributed by atoms with E-state index in [4.69, 9.17) is 4.74 Å². The Bertz CT molecular complexity index is 530. The fourth-order valence-corrected chi connectivity index (χ4v) is 5.18. The molecule has 1 aromatic heterocycles. The van der Waals surface area contributed by atoms with Gasteiger partial charge in [0.2, 0.25) is 0 Å². The molecule has 1 aromatic rings. The Morgan fingerprint density at radius 3 is 2.57 bits per heavy atom. The van der Waals surface area contributed by atoms with Gasteiger partial charge in [-0.1, -0.05) is 6.42 Å². The molecule has 0 amide bonds. The van der Waals surface area contributed by atoms with Crippen LogP contribution in [0.1, 0.15) is 73.5 Å². The molecule has 21 heavy (non-hydrogen) atoms. The zero-order valence-electron chi connectivity index (χ0n) is 13.6. The third-order valence-corrected chi connectivity index (χ3v) is 6.13. The van der Waals surface area contributed by atoms with Gasteiger partial charge in [-0.15, -0.1) is 11.3 Å². The quantitative estimate of drug-likeness (QED) is 0.580. The first-order chi connectivity index (χ1) is 9.78. The number of carbonyl (C=O) groups is 1. The lowest BCUT2D eigenvalue weighted by atomic mass is 9.83. The summed E-state index contributed by atoms with van der Waals surface area (Å²) in [5.41, 5.74) is 0.872. The van der Waals surface area contributed by atoms with Crippen LogP contribution < -0.4 is 0 Å². The lowest BCUT2D eigenvalue weighted by Crippen LogP contribution is -2.33. The van der Waals surface area contributed by atoms with Gasteiger partial charge in [-0.3, -0.25) is 4.79 Å². The molecular formula is C18H26O2S. The number of thiophene rings is 1. The smallest absolute Gasteiger partial charge is 0.178 e. The average molecular weight is 306 g/mol. The first-order valence-electron chi connectivity index (χ1n) is 8.14. The van der Waals surface area contributed by atoms with E-state index in [1.54, 1.807) is 11.3 Å². The summed E-state index contributed by atoms with van der Waals surface area (Å²) < 4.78 is 6.10. The molecule has 2 nitrogen and oxygen atoms in total. The summed E-state index contributed by atoms with van der Waals surface area (Å²) in [5.74, 6) is 0.276. The maximum Gasteiger partial charge on any atom is 0.178 e. The molecule has 1 aliphatic heterocycles. The van der Waals surface area contributed by atoms with E-state index in [0.29, 0.717) is 5.78 Å². The van der Waals surface area contributed by atoms with Crippen LogP contribution in [-0.2, 0) is 17.6 Å². The summed E-state index contributed by atoms with van der Waals surface area (Å²) in [5, 5.41) is 0. The van der Waals surface area contributed by atoms with Crippen molar-refractivity contribution in [2.45, 2.75) is 77.4 Å². The van der Waals surface area contributed by atoms with Crippen molar-refractivity contribution in [3.8, 4) is 0 Å². The van der Waals surface area contributed by atoms with E-state index in [9.17, 15) is 4.79 Å². The van der Waals surface area contributed by atoms with Crippen LogP contribution in [0.5, 0.6) is 0 Å². The molecule has 1 fully saturated rings. The molecule has 3 rings (SSSR count). The van der Waals surface area contributed by atoms with Gasteiger partial charge in [-0.05, 0) is 71.4 Å². The normalized spacial score (nSPS) is 27.1. The van der Waals surface area contributed by atoms with Gasteiger partial charge in [0.15, 0.2) is 5.78 Å². The van der Waals surface area contributed by atoms with Crippen LogP contribution in [0.4, 0.5) is 0 Å². The minimum Gasteiger partial charge on any atom is -0.369 e. The van der Waals surface area contributed by atoms with E-state index in [2.05, 4.69) is 33.8 Å². The second kappa shape index (κ2) is 5.20. The highest BCUT2D eigenvalue weighted by Gasteiger charge is 2.49. The van der Waals surface area contributed by atoms with Crippen LogP contribution >= 0.6 is 11.3 Å². The molecule has 0 N–H and O–H groups in total. The lowest BCUT2D eigenvalue weighted by Gasteiger charge is -2.26. The van der Waals surface area contributed by atoms with E-state index < -0.39 is 0 Å². The highest BCUT2D eigenvalue weighted by molar-refractivity contribution is 7.14. The van der Waals surface area contributed by atoms with Crippen molar-refractivity contribution in [1.82, 2.24) is 0 Å². The molecular weight excluding hydrogens is 280 g/mol. The first kappa shape index (κ1) is 15.2. The number of hydrogen-bond donors (Lipinski definition) is 0. The minimum absolute atomic E-state index is 0.0187. The highest BCUT2D eigenvalue weighted by atomic mass is 32.1. The molecule has 1 aliphatic carbocycles. The van der Waals surface area contributed by atoms with Crippen LogP contribution in [0.25, 0.3) is 0 Å². The van der Waals surface area contributed by atoms with E-state index in [1.165, 1.54) is 29.7 Å². The van der Waals surface area contributed by atoms with Gasteiger partial charge in [0.05, 0.1) is 22.0 Å². The molecule has 3 heteroatoms. The number of Topliss-reactive ketones (excluding diaryl/α,β-unsaturated/α-hetero) is 1. The van der Waals surface area contributed by atoms with Crippen molar-refractivity contribution >= 4 is 17.1 Å². The molecule has 2 heterocycles.